The van der Waals surface area contributed by atoms with Gasteiger partial charge in [-0.1, -0.05) is 41.7 Å². The molecule has 3 aromatic carbocycles. The monoisotopic (exact) mass is 475 g/mol. The topological polar surface area (TPSA) is 59.2 Å². The van der Waals surface area contributed by atoms with E-state index in [4.69, 9.17) is 4.42 Å². The number of para-hydroxylation sites is 1. The lowest BCUT2D eigenvalue weighted by atomic mass is 10.2. The Bertz CT molecular complexity index is 1460. The molecule has 0 aliphatic rings. The van der Waals surface area contributed by atoms with Crippen molar-refractivity contribution in [1.29, 1.82) is 0 Å². The molecule has 5 nitrogen and oxygen atoms in total. The van der Waals surface area contributed by atoms with Crippen LogP contribution in [-0.4, -0.2) is 15.9 Å². The number of carbonyl (C=O) groups is 1. The summed E-state index contributed by atoms with van der Waals surface area (Å²) in [6.07, 6.45) is 1.69. The number of amides is 1. The molecule has 5 aromatic rings. The summed E-state index contributed by atoms with van der Waals surface area (Å²) in [6.45, 7) is 1.67. The fourth-order valence-corrected chi connectivity index (χ4v) is 4.58. The van der Waals surface area contributed by atoms with E-state index in [9.17, 15) is 13.6 Å². The summed E-state index contributed by atoms with van der Waals surface area (Å²) in [5, 5.41) is 0.453. The van der Waals surface area contributed by atoms with Crippen LogP contribution in [0.2, 0.25) is 0 Å². The Labute approximate surface area is 198 Å². The van der Waals surface area contributed by atoms with E-state index in [0.717, 1.165) is 10.2 Å². The van der Waals surface area contributed by atoms with Gasteiger partial charge < -0.3 is 4.42 Å². The van der Waals surface area contributed by atoms with Crippen molar-refractivity contribution in [2.75, 3.05) is 4.90 Å². The number of fused-ring (bicyclic) bond motifs is 1. The van der Waals surface area contributed by atoms with E-state index in [1.165, 1.54) is 34.6 Å². The number of anilines is 2. The summed E-state index contributed by atoms with van der Waals surface area (Å²) in [4.78, 5) is 23.6. The number of halogens is 2. The minimum absolute atomic E-state index is 0.0443. The maximum Gasteiger partial charge on any atom is 0.233 e. The van der Waals surface area contributed by atoms with Gasteiger partial charge in [-0.25, -0.2) is 18.7 Å². The predicted molar refractivity (Wildman–Crippen MR) is 128 cm³/mol. The summed E-state index contributed by atoms with van der Waals surface area (Å²) in [6, 6.07) is 18.5. The van der Waals surface area contributed by atoms with E-state index < -0.39 is 11.6 Å². The van der Waals surface area contributed by atoms with Crippen molar-refractivity contribution in [3.63, 3.8) is 0 Å². The molecular formula is C26H19F2N3O2S. The van der Waals surface area contributed by atoms with Gasteiger partial charge >= 0.3 is 0 Å². The van der Waals surface area contributed by atoms with Crippen molar-refractivity contribution in [2.45, 2.75) is 19.8 Å². The molecule has 0 spiro atoms. The molecule has 0 fully saturated rings. The molecule has 170 valence electrons. The second-order valence-electron chi connectivity index (χ2n) is 7.72. The third-order valence-electron chi connectivity index (χ3n) is 5.38. The zero-order chi connectivity index (χ0) is 23.7. The van der Waals surface area contributed by atoms with Crippen LogP contribution in [0.4, 0.5) is 19.6 Å². The molecular weight excluding hydrogens is 456 g/mol. The molecule has 0 saturated carbocycles. The van der Waals surface area contributed by atoms with Gasteiger partial charge in [-0.05, 0) is 48.9 Å². The first-order valence-electron chi connectivity index (χ1n) is 10.6. The highest BCUT2D eigenvalue weighted by molar-refractivity contribution is 7.22. The zero-order valence-electron chi connectivity index (χ0n) is 18.2. The van der Waals surface area contributed by atoms with Gasteiger partial charge in [0, 0.05) is 12.8 Å². The molecule has 0 radical (unpaired) electrons. The minimum atomic E-state index is -0.412. The number of aryl methyl sites for hydroxylation is 2. The molecule has 1 amide bonds. The van der Waals surface area contributed by atoms with Crippen molar-refractivity contribution in [1.82, 2.24) is 9.97 Å². The second kappa shape index (κ2) is 9.15. The Morgan fingerprint density at radius 3 is 2.62 bits per heavy atom. The van der Waals surface area contributed by atoms with Gasteiger partial charge in [0.05, 0.1) is 27.7 Å². The Kier molecular flexibility index (Phi) is 5.90. The first kappa shape index (κ1) is 21.9. The highest BCUT2D eigenvalue weighted by atomic mass is 32.1. The van der Waals surface area contributed by atoms with Crippen LogP contribution < -0.4 is 4.90 Å². The Morgan fingerprint density at radius 2 is 1.82 bits per heavy atom. The lowest BCUT2D eigenvalue weighted by Crippen LogP contribution is -2.26. The number of carbonyl (C=O) groups excluding carboxylic acids is 1. The quantitative estimate of drug-likeness (QED) is 0.270. The van der Waals surface area contributed by atoms with Crippen LogP contribution in [0.1, 0.15) is 17.9 Å². The number of rotatable bonds is 6. The van der Waals surface area contributed by atoms with Crippen LogP contribution in [0.15, 0.2) is 77.3 Å². The number of hydrogen-bond donors (Lipinski definition) is 0. The Balaban J connectivity index is 1.42. The number of benzene rings is 3. The number of hydrogen-bond acceptors (Lipinski definition) is 5. The van der Waals surface area contributed by atoms with Gasteiger partial charge in [-0.3, -0.25) is 9.69 Å². The van der Waals surface area contributed by atoms with Crippen molar-refractivity contribution < 1.29 is 18.0 Å². The van der Waals surface area contributed by atoms with Crippen LogP contribution in [0.3, 0.4) is 0 Å². The van der Waals surface area contributed by atoms with Crippen molar-refractivity contribution in [2.24, 2.45) is 0 Å². The van der Waals surface area contributed by atoms with E-state index in [1.54, 1.807) is 37.3 Å². The summed E-state index contributed by atoms with van der Waals surface area (Å²) >= 11 is 1.35. The number of thiazole rings is 1. The van der Waals surface area contributed by atoms with Gasteiger partial charge in [-0.15, -0.1) is 0 Å². The van der Waals surface area contributed by atoms with E-state index in [2.05, 4.69) is 9.97 Å². The smallest absolute Gasteiger partial charge is 0.233 e. The third-order valence-corrected chi connectivity index (χ3v) is 6.40. The van der Waals surface area contributed by atoms with Crippen LogP contribution >= 0.6 is 11.3 Å². The van der Waals surface area contributed by atoms with E-state index in [-0.39, 0.29) is 18.7 Å². The normalized spacial score (nSPS) is 11.1. The Hall–Kier alpha value is -3.91. The summed E-state index contributed by atoms with van der Waals surface area (Å²) in [5.74, 6) is -0.494. The lowest BCUT2D eigenvalue weighted by molar-refractivity contribution is -0.117. The molecule has 34 heavy (non-hydrogen) atoms. The van der Waals surface area contributed by atoms with Crippen LogP contribution in [0.25, 0.3) is 21.5 Å². The van der Waals surface area contributed by atoms with Gasteiger partial charge in [-0.2, -0.15) is 0 Å². The van der Waals surface area contributed by atoms with E-state index in [1.807, 2.05) is 24.3 Å². The van der Waals surface area contributed by atoms with E-state index >= 15 is 0 Å². The first-order chi connectivity index (χ1) is 16.5. The van der Waals surface area contributed by atoms with Gasteiger partial charge in [0.2, 0.25) is 5.91 Å². The SMILES string of the molecule is Cc1ccc(N(C(=O)CCc2ncc(-c3ccccc3F)o2)c2nc3ccccc3s2)cc1F. The predicted octanol–water partition coefficient (Wildman–Crippen LogP) is 6.84. The molecule has 0 unspecified atom stereocenters. The molecule has 0 bridgehead atoms. The van der Waals surface area contributed by atoms with Gasteiger partial charge in [0.25, 0.3) is 0 Å². The average Bonchev–Trinajstić information content (AvgIpc) is 3.47. The van der Waals surface area contributed by atoms with Crippen molar-refractivity contribution in [3.8, 4) is 11.3 Å². The third kappa shape index (κ3) is 4.32. The van der Waals surface area contributed by atoms with Crippen molar-refractivity contribution in [3.05, 3.63) is 96.0 Å². The Morgan fingerprint density at radius 1 is 1.03 bits per heavy atom. The summed E-state index contributed by atoms with van der Waals surface area (Å²) in [7, 11) is 0. The fourth-order valence-electron chi connectivity index (χ4n) is 3.57. The average molecular weight is 476 g/mol. The van der Waals surface area contributed by atoms with E-state index in [0.29, 0.717) is 33.6 Å². The molecule has 0 aliphatic heterocycles. The van der Waals surface area contributed by atoms with Crippen LogP contribution in [-0.2, 0) is 11.2 Å². The number of aromatic nitrogens is 2. The molecule has 8 heteroatoms. The first-order valence-corrected chi connectivity index (χ1v) is 11.5. The molecule has 2 heterocycles. The fraction of sp³-hybridized carbons (Fsp3) is 0.115. The molecule has 0 N–H and O–H groups in total. The van der Waals surface area contributed by atoms with Crippen LogP contribution in [0, 0.1) is 18.6 Å². The minimum Gasteiger partial charge on any atom is -0.441 e. The molecule has 0 atom stereocenters. The maximum absolute atomic E-state index is 14.4. The maximum atomic E-state index is 14.4. The highest BCUT2D eigenvalue weighted by Gasteiger charge is 2.23. The van der Waals surface area contributed by atoms with Crippen molar-refractivity contribution >= 4 is 38.3 Å². The molecule has 0 saturated heterocycles. The van der Waals surface area contributed by atoms with Crippen LogP contribution in [0.5, 0.6) is 0 Å². The number of nitrogens with zero attached hydrogens (tertiary/aromatic N) is 3. The lowest BCUT2D eigenvalue weighted by Gasteiger charge is -2.20. The standard InChI is InChI=1S/C26H19F2N3O2S/c1-16-10-11-17(14-20(16)28)31(26-30-21-8-4-5-9-23(21)34-26)25(32)13-12-24-29-15-22(33-24)18-6-2-3-7-19(18)27/h2-11,14-15H,12-13H2,1H3. The highest BCUT2D eigenvalue weighted by Crippen LogP contribution is 2.35. The zero-order valence-corrected chi connectivity index (χ0v) is 19.0. The second-order valence-corrected chi connectivity index (χ2v) is 8.73. The van der Waals surface area contributed by atoms with Gasteiger partial charge in [0.15, 0.2) is 16.8 Å². The molecule has 0 aliphatic carbocycles. The van der Waals surface area contributed by atoms with Gasteiger partial charge in [0.1, 0.15) is 11.6 Å². The number of oxazole rings is 1. The molecule has 2 aromatic heterocycles. The molecule has 5 rings (SSSR count). The summed E-state index contributed by atoms with van der Waals surface area (Å²) < 4.78 is 35.0. The largest absolute Gasteiger partial charge is 0.441 e. The summed E-state index contributed by atoms with van der Waals surface area (Å²) in [5.41, 5.74) is 1.95.